The monoisotopic (exact) mass is 115 g/mol. The molecule has 0 fully saturated rings. The molecule has 0 aromatic carbocycles. The first kappa shape index (κ1) is 10.2. The van der Waals surface area contributed by atoms with Crippen LogP contribution in [0.15, 0.2) is 10.2 Å². The molecule has 0 aliphatic carbocycles. The second kappa shape index (κ2) is 16.5. The van der Waals surface area contributed by atoms with Gasteiger partial charge in [0, 0.05) is 6.21 Å². The number of nitrogens with two attached hydrogens (primary N) is 1. The highest BCUT2D eigenvalue weighted by atomic mass is 15.2. The lowest BCUT2D eigenvalue weighted by atomic mass is 10.9. The van der Waals surface area contributed by atoms with E-state index < -0.39 is 0 Å². The molecule has 0 amide bonds. The summed E-state index contributed by atoms with van der Waals surface area (Å²) in [4.78, 5) is 0. The molecular formula is C5H13N3. The SMILES string of the molecule is C/C=N\N=C/N.CC. The lowest BCUT2D eigenvalue weighted by molar-refractivity contribution is 1.25. The Morgan fingerprint density at radius 3 is 1.88 bits per heavy atom. The van der Waals surface area contributed by atoms with Crippen molar-refractivity contribution < 1.29 is 0 Å². The van der Waals surface area contributed by atoms with E-state index in [1.54, 1.807) is 13.1 Å². The van der Waals surface area contributed by atoms with Gasteiger partial charge in [0.2, 0.25) is 0 Å². The first-order valence-corrected chi connectivity index (χ1v) is 2.63. The van der Waals surface area contributed by atoms with Crippen molar-refractivity contribution in [1.29, 1.82) is 0 Å². The van der Waals surface area contributed by atoms with Gasteiger partial charge in [0.25, 0.3) is 0 Å². The highest BCUT2D eigenvalue weighted by Gasteiger charge is 1.47. The number of nitrogens with zero attached hydrogens (tertiary/aromatic N) is 2. The fourth-order valence-corrected chi connectivity index (χ4v) is 0.105. The van der Waals surface area contributed by atoms with Gasteiger partial charge in [0.15, 0.2) is 0 Å². The van der Waals surface area contributed by atoms with Gasteiger partial charge in [0.1, 0.15) is 6.34 Å². The summed E-state index contributed by atoms with van der Waals surface area (Å²) in [6, 6.07) is 0. The molecule has 0 atom stereocenters. The number of hydrogen-bond donors (Lipinski definition) is 1. The summed E-state index contributed by atoms with van der Waals surface area (Å²) in [5.41, 5.74) is 4.81. The van der Waals surface area contributed by atoms with Crippen molar-refractivity contribution >= 4 is 12.6 Å². The summed E-state index contributed by atoms with van der Waals surface area (Å²) in [7, 11) is 0. The van der Waals surface area contributed by atoms with E-state index in [0.717, 1.165) is 6.34 Å². The summed E-state index contributed by atoms with van der Waals surface area (Å²) < 4.78 is 0. The smallest absolute Gasteiger partial charge is 0.108 e. The van der Waals surface area contributed by atoms with Gasteiger partial charge >= 0.3 is 0 Å². The van der Waals surface area contributed by atoms with E-state index >= 15 is 0 Å². The highest BCUT2D eigenvalue weighted by Crippen LogP contribution is 1.57. The largest absolute Gasteiger partial charge is 0.388 e. The maximum Gasteiger partial charge on any atom is 0.108 e. The average Bonchev–Trinajstić information content (AvgIpc) is 1.88. The molecule has 48 valence electrons. The summed E-state index contributed by atoms with van der Waals surface area (Å²) >= 11 is 0. The Hall–Kier alpha value is -0.860. The van der Waals surface area contributed by atoms with Gasteiger partial charge in [0.05, 0.1) is 0 Å². The first-order chi connectivity index (χ1) is 3.91. The third-order valence-electron chi connectivity index (χ3n) is 0.249. The van der Waals surface area contributed by atoms with Crippen molar-refractivity contribution in [1.82, 2.24) is 0 Å². The van der Waals surface area contributed by atoms with Crippen LogP contribution < -0.4 is 5.73 Å². The Labute approximate surface area is 50.3 Å². The van der Waals surface area contributed by atoms with Gasteiger partial charge in [-0.1, -0.05) is 13.8 Å². The molecule has 0 unspecified atom stereocenters. The van der Waals surface area contributed by atoms with Crippen molar-refractivity contribution in [3.05, 3.63) is 0 Å². The highest BCUT2D eigenvalue weighted by molar-refractivity contribution is 5.56. The molecule has 0 bridgehead atoms. The third-order valence-corrected chi connectivity index (χ3v) is 0.249. The predicted molar refractivity (Wildman–Crippen MR) is 38.2 cm³/mol. The second-order valence-electron chi connectivity index (χ2n) is 0.638. The van der Waals surface area contributed by atoms with Gasteiger partial charge < -0.3 is 5.73 Å². The molecule has 2 N–H and O–H groups in total. The van der Waals surface area contributed by atoms with Crippen molar-refractivity contribution in [3.8, 4) is 0 Å². The molecule has 3 heteroatoms. The topological polar surface area (TPSA) is 50.7 Å². The van der Waals surface area contributed by atoms with Crippen LogP contribution in [0.1, 0.15) is 20.8 Å². The van der Waals surface area contributed by atoms with Crippen LogP contribution in [0.5, 0.6) is 0 Å². The third kappa shape index (κ3) is 19.2. The van der Waals surface area contributed by atoms with E-state index in [1.807, 2.05) is 13.8 Å². The molecule has 0 aliphatic heterocycles. The second-order valence-corrected chi connectivity index (χ2v) is 0.638. The maximum absolute atomic E-state index is 4.81. The van der Waals surface area contributed by atoms with Crippen molar-refractivity contribution in [2.45, 2.75) is 20.8 Å². The standard InChI is InChI=1S/C3H7N3.C2H6/c1-2-5-6-3-4;1-2/h2-3H,1H3,(H2,4,6);1-2H3/b5-2-;. The minimum atomic E-state index is 1.14. The van der Waals surface area contributed by atoms with E-state index in [9.17, 15) is 0 Å². The zero-order chi connectivity index (χ0) is 6.83. The molecule has 0 radical (unpaired) electrons. The van der Waals surface area contributed by atoms with Gasteiger partial charge in [-0.05, 0) is 6.92 Å². The zero-order valence-electron chi connectivity index (χ0n) is 5.63. The van der Waals surface area contributed by atoms with Gasteiger partial charge in [-0.2, -0.15) is 5.10 Å². The zero-order valence-corrected chi connectivity index (χ0v) is 5.63. The molecule has 3 nitrogen and oxygen atoms in total. The molecule has 8 heavy (non-hydrogen) atoms. The first-order valence-electron chi connectivity index (χ1n) is 2.63. The van der Waals surface area contributed by atoms with E-state index in [2.05, 4.69) is 10.2 Å². The van der Waals surface area contributed by atoms with Crippen LogP contribution in [0.2, 0.25) is 0 Å². The minimum absolute atomic E-state index is 1.14. The lowest BCUT2D eigenvalue weighted by Gasteiger charge is -1.65. The molecule has 0 aliphatic rings. The van der Waals surface area contributed by atoms with Crippen LogP contribution in [0.4, 0.5) is 0 Å². The average molecular weight is 115 g/mol. The van der Waals surface area contributed by atoms with Crippen molar-refractivity contribution in [2.75, 3.05) is 0 Å². The van der Waals surface area contributed by atoms with Crippen LogP contribution >= 0.6 is 0 Å². The Balaban J connectivity index is 0. The quantitative estimate of drug-likeness (QED) is 0.309. The van der Waals surface area contributed by atoms with E-state index in [4.69, 9.17) is 5.73 Å². The fourth-order valence-electron chi connectivity index (χ4n) is 0.105. The molecule has 0 saturated carbocycles. The van der Waals surface area contributed by atoms with Crippen LogP contribution in [-0.4, -0.2) is 12.6 Å². The van der Waals surface area contributed by atoms with E-state index in [0.29, 0.717) is 0 Å². The normalized spacial score (nSPS) is 9.38. The number of rotatable bonds is 1. The minimum Gasteiger partial charge on any atom is -0.388 e. The van der Waals surface area contributed by atoms with Crippen molar-refractivity contribution in [2.24, 2.45) is 15.9 Å². The van der Waals surface area contributed by atoms with Gasteiger partial charge in [-0.3, -0.25) is 0 Å². The van der Waals surface area contributed by atoms with Crippen LogP contribution in [0.3, 0.4) is 0 Å². The van der Waals surface area contributed by atoms with E-state index in [-0.39, 0.29) is 0 Å². The fraction of sp³-hybridized carbons (Fsp3) is 0.600. The summed E-state index contributed by atoms with van der Waals surface area (Å²) in [5, 5.41) is 6.72. The summed E-state index contributed by atoms with van der Waals surface area (Å²) in [6.07, 6.45) is 2.70. The Morgan fingerprint density at radius 1 is 1.25 bits per heavy atom. The molecule has 0 rings (SSSR count). The summed E-state index contributed by atoms with van der Waals surface area (Å²) in [6.45, 7) is 5.77. The predicted octanol–water partition coefficient (Wildman–Crippen LogP) is 1.01. The van der Waals surface area contributed by atoms with Crippen LogP contribution in [0, 0.1) is 0 Å². The molecule has 0 aromatic heterocycles. The molecule has 0 spiro atoms. The molecule has 0 saturated heterocycles. The Bertz CT molecular complexity index is 56.1. The van der Waals surface area contributed by atoms with Gasteiger partial charge in [-0.25, -0.2) is 0 Å². The number of hydrogen-bond acceptors (Lipinski definition) is 2. The van der Waals surface area contributed by atoms with E-state index in [1.165, 1.54) is 0 Å². The maximum atomic E-state index is 4.81. The summed E-state index contributed by atoms with van der Waals surface area (Å²) in [5.74, 6) is 0. The molecule has 0 aromatic rings. The molecule has 0 heterocycles. The Morgan fingerprint density at radius 2 is 1.75 bits per heavy atom. The Kier molecular flexibility index (Phi) is 21.0. The molecular weight excluding hydrogens is 102 g/mol. The van der Waals surface area contributed by atoms with Crippen LogP contribution in [-0.2, 0) is 0 Å². The van der Waals surface area contributed by atoms with Gasteiger partial charge in [-0.15, -0.1) is 5.10 Å². The van der Waals surface area contributed by atoms with Crippen molar-refractivity contribution in [3.63, 3.8) is 0 Å². The van der Waals surface area contributed by atoms with Crippen LogP contribution in [0.25, 0.3) is 0 Å². The lowest BCUT2D eigenvalue weighted by Crippen LogP contribution is -1.85.